The predicted octanol–water partition coefficient (Wildman–Crippen LogP) is 2.63. The lowest BCUT2D eigenvalue weighted by Gasteiger charge is -2.60. The average Bonchev–Trinajstić information content (AvgIpc) is 2.85. The summed E-state index contributed by atoms with van der Waals surface area (Å²) < 4.78 is 0. The van der Waals surface area contributed by atoms with E-state index in [9.17, 15) is 4.79 Å². The number of hydrogen-bond donors (Lipinski definition) is 2. The number of H-pyrrole nitrogens is 1. The Balaban J connectivity index is 1.51. The van der Waals surface area contributed by atoms with Crippen LogP contribution in [0.5, 0.6) is 0 Å². The maximum Gasteiger partial charge on any atom is 0.226 e. The summed E-state index contributed by atoms with van der Waals surface area (Å²) in [6, 6.07) is 0. The SMILES string of the molecule is CC12CC3CC(C1)CC(C(=O)NCc1cnc[nH]1)(C3)C2. The summed E-state index contributed by atoms with van der Waals surface area (Å²) in [6.45, 7) is 2.98. The molecule has 1 heterocycles. The van der Waals surface area contributed by atoms with E-state index in [-0.39, 0.29) is 11.3 Å². The third kappa shape index (κ3) is 1.88. The van der Waals surface area contributed by atoms with Crippen LogP contribution in [-0.2, 0) is 11.3 Å². The molecule has 1 amide bonds. The number of aromatic nitrogens is 2. The van der Waals surface area contributed by atoms with E-state index in [0.29, 0.717) is 12.0 Å². The zero-order chi connectivity index (χ0) is 13.8. The van der Waals surface area contributed by atoms with Gasteiger partial charge in [-0.05, 0) is 55.8 Å². The second kappa shape index (κ2) is 4.09. The Bertz CT molecular complexity index is 508. The highest BCUT2D eigenvalue weighted by atomic mass is 16.2. The van der Waals surface area contributed by atoms with Gasteiger partial charge < -0.3 is 10.3 Å². The van der Waals surface area contributed by atoms with Crippen molar-refractivity contribution < 1.29 is 4.79 Å². The highest BCUT2D eigenvalue weighted by Gasteiger charge is 2.58. The van der Waals surface area contributed by atoms with Crippen LogP contribution >= 0.6 is 0 Å². The summed E-state index contributed by atoms with van der Waals surface area (Å²) in [5.41, 5.74) is 1.34. The van der Waals surface area contributed by atoms with Crippen LogP contribution in [0.2, 0.25) is 0 Å². The first-order valence-electron chi connectivity index (χ1n) is 7.83. The lowest BCUT2D eigenvalue weighted by Crippen LogP contribution is -2.56. The van der Waals surface area contributed by atoms with Crippen LogP contribution in [0.4, 0.5) is 0 Å². The van der Waals surface area contributed by atoms with Crippen LogP contribution < -0.4 is 5.32 Å². The van der Waals surface area contributed by atoms with Gasteiger partial charge in [0.2, 0.25) is 5.91 Å². The molecule has 0 aliphatic heterocycles. The van der Waals surface area contributed by atoms with Gasteiger partial charge in [-0.15, -0.1) is 0 Å². The van der Waals surface area contributed by atoms with Gasteiger partial charge in [0, 0.05) is 6.20 Å². The summed E-state index contributed by atoms with van der Waals surface area (Å²) in [5, 5.41) is 3.15. The monoisotopic (exact) mass is 273 g/mol. The lowest BCUT2D eigenvalue weighted by atomic mass is 9.44. The molecule has 4 bridgehead atoms. The fourth-order valence-corrected chi connectivity index (χ4v) is 5.73. The Kier molecular flexibility index (Phi) is 2.54. The van der Waals surface area contributed by atoms with Crippen molar-refractivity contribution >= 4 is 5.91 Å². The van der Waals surface area contributed by atoms with Gasteiger partial charge in [0.1, 0.15) is 0 Å². The van der Waals surface area contributed by atoms with Crippen molar-refractivity contribution in [2.75, 3.05) is 0 Å². The van der Waals surface area contributed by atoms with Crippen molar-refractivity contribution in [3.63, 3.8) is 0 Å². The highest BCUT2D eigenvalue weighted by molar-refractivity contribution is 5.83. The number of hydrogen-bond acceptors (Lipinski definition) is 2. The molecule has 2 unspecified atom stereocenters. The van der Waals surface area contributed by atoms with Gasteiger partial charge in [0.05, 0.1) is 24.0 Å². The Morgan fingerprint density at radius 1 is 1.40 bits per heavy atom. The fraction of sp³-hybridized carbons (Fsp3) is 0.750. The highest BCUT2D eigenvalue weighted by Crippen LogP contribution is 2.65. The van der Waals surface area contributed by atoms with Crippen LogP contribution in [0.25, 0.3) is 0 Å². The minimum Gasteiger partial charge on any atom is -0.350 e. The molecule has 1 aromatic rings. The zero-order valence-corrected chi connectivity index (χ0v) is 12.1. The van der Waals surface area contributed by atoms with Crippen molar-refractivity contribution in [3.8, 4) is 0 Å². The van der Waals surface area contributed by atoms with Crippen molar-refractivity contribution in [2.45, 2.75) is 52.0 Å². The molecule has 2 atom stereocenters. The molecule has 1 aromatic heterocycles. The van der Waals surface area contributed by atoms with Gasteiger partial charge in [-0.2, -0.15) is 0 Å². The minimum absolute atomic E-state index is 0.0706. The minimum atomic E-state index is -0.0706. The molecule has 4 saturated carbocycles. The molecule has 2 N–H and O–H groups in total. The Labute approximate surface area is 119 Å². The topological polar surface area (TPSA) is 57.8 Å². The second-order valence-electron chi connectivity index (χ2n) is 7.81. The number of aromatic amines is 1. The van der Waals surface area contributed by atoms with Gasteiger partial charge in [0.25, 0.3) is 0 Å². The van der Waals surface area contributed by atoms with Crippen molar-refractivity contribution in [1.29, 1.82) is 0 Å². The normalized spacial score (nSPS) is 41.9. The van der Waals surface area contributed by atoms with E-state index in [1.807, 2.05) is 0 Å². The molecule has 0 saturated heterocycles. The first kappa shape index (κ1) is 12.4. The van der Waals surface area contributed by atoms with E-state index in [0.717, 1.165) is 36.8 Å². The summed E-state index contributed by atoms with van der Waals surface area (Å²) in [4.78, 5) is 19.8. The van der Waals surface area contributed by atoms with Gasteiger partial charge >= 0.3 is 0 Å². The van der Waals surface area contributed by atoms with Gasteiger partial charge in [-0.25, -0.2) is 4.98 Å². The summed E-state index contributed by atoms with van der Waals surface area (Å²) in [7, 11) is 0. The largest absolute Gasteiger partial charge is 0.350 e. The van der Waals surface area contributed by atoms with E-state index < -0.39 is 0 Å². The molecular formula is C16H23N3O. The van der Waals surface area contributed by atoms with Crippen LogP contribution in [0, 0.1) is 22.7 Å². The Hall–Kier alpha value is -1.32. The maximum absolute atomic E-state index is 12.8. The molecule has 4 aliphatic carbocycles. The van der Waals surface area contributed by atoms with Crippen LogP contribution in [-0.4, -0.2) is 15.9 Å². The molecule has 4 heteroatoms. The number of carbonyl (C=O) groups excluding carboxylic acids is 1. The molecule has 5 rings (SSSR count). The average molecular weight is 273 g/mol. The Morgan fingerprint density at radius 3 is 2.75 bits per heavy atom. The van der Waals surface area contributed by atoms with Crippen molar-refractivity contribution in [3.05, 3.63) is 18.2 Å². The van der Waals surface area contributed by atoms with E-state index in [1.165, 1.54) is 19.3 Å². The van der Waals surface area contributed by atoms with Gasteiger partial charge in [0.15, 0.2) is 0 Å². The van der Waals surface area contributed by atoms with Crippen LogP contribution in [0.15, 0.2) is 12.5 Å². The lowest BCUT2D eigenvalue weighted by molar-refractivity contribution is -0.155. The van der Waals surface area contributed by atoms with Crippen LogP contribution in [0.3, 0.4) is 0 Å². The fourth-order valence-electron chi connectivity index (χ4n) is 5.73. The third-order valence-corrected chi connectivity index (χ3v) is 5.83. The smallest absolute Gasteiger partial charge is 0.226 e. The van der Waals surface area contributed by atoms with Gasteiger partial charge in [-0.3, -0.25) is 4.79 Å². The molecule has 4 aliphatic rings. The summed E-state index contributed by atoms with van der Waals surface area (Å²) in [6.07, 6.45) is 10.8. The summed E-state index contributed by atoms with van der Waals surface area (Å²) >= 11 is 0. The molecule has 4 fully saturated rings. The molecule has 0 spiro atoms. The predicted molar refractivity (Wildman–Crippen MR) is 75.7 cm³/mol. The molecular weight excluding hydrogens is 250 g/mol. The number of carbonyl (C=O) groups is 1. The molecule has 0 radical (unpaired) electrons. The standard InChI is InChI=1S/C16H23N3O/c1-15-3-11-2-12(4-15)6-16(5-11,9-15)14(20)18-8-13-7-17-10-19-13/h7,10-12H,2-6,8-9H2,1H3,(H,17,19)(H,18,20). The van der Waals surface area contributed by atoms with E-state index in [1.54, 1.807) is 12.5 Å². The number of amides is 1. The van der Waals surface area contributed by atoms with Crippen molar-refractivity contribution in [1.82, 2.24) is 15.3 Å². The maximum atomic E-state index is 12.8. The Morgan fingerprint density at radius 2 is 2.15 bits per heavy atom. The second-order valence-corrected chi connectivity index (χ2v) is 7.81. The molecule has 108 valence electrons. The number of nitrogens with one attached hydrogen (secondary N) is 2. The molecule has 4 nitrogen and oxygen atoms in total. The van der Waals surface area contributed by atoms with E-state index >= 15 is 0 Å². The number of rotatable bonds is 3. The number of imidazole rings is 1. The zero-order valence-electron chi connectivity index (χ0n) is 12.1. The first-order valence-corrected chi connectivity index (χ1v) is 7.83. The number of nitrogens with zero attached hydrogens (tertiary/aromatic N) is 1. The van der Waals surface area contributed by atoms with Crippen molar-refractivity contribution in [2.24, 2.45) is 22.7 Å². The quantitative estimate of drug-likeness (QED) is 0.889. The third-order valence-electron chi connectivity index (χ3n) is 5.83. The van der Waals surface area contributed by atoms with E-state index in [2.05, 4.69) is 22.2 Å². The van der Waals surface area contributed by atoms with Crippen LogP contribution in [0.1, 0.15) is 51.1 Å². The molecule has 0 aromatic carbocycles. The molecule has 20 heavy (non-hydrogen) atoms. The van der Waals surface area contributed by atoms with E-state index in [4.69, 9.17) is 0 Å². The summed E-state index contributed by atoms with van der Waals surface area (Å²) in [5.74, 6) is 1.87. The van der Waals surface area contributed by atoms with Gasteiger partial charge in [-0.1, -0.05) is 6.92 Å². The first-order chi connectivity index (χ1) is 9.57.